The zero-order valence-electron chi connectivity index (χ0n) is 16.4. The molecule has 3 nitrogen and oxygen atoms in total. The van der Waals surface area contributed by atoms with E-state index >= 15 is 0 Å². The third-order valence-electron chi connectivity index (χ3n) is 5.17. The summed E-state index contributed by atoms with van der Waals surface area (Å²) in [5, 5.41) is 2.55. The lowest BCUT2D eigenvalue weighted by Crippen LogP contribution is -2.66. The van der Waals surface area contributed by atoms with Crippen LogP contribution >= 0.6 is 0 Å². The maximum absolute atomic E-state index is 11.2. The Morgan fingerprint density at radius 1 is 1.00 bits per heavy atom. The lowest BCUT2D eigenvalue weighted by Gasteiger charge is -2.43. The number of hydrogen-bond acceptors (Lipinski definition) is 3. The second kappa shape index (κ2) is 8.24. The van der Waals surface area contributed by atoms with Crippen molar-refractivity contribution in [2.75, 3.05) is 13.2 Å². The van der Waals surface area contributed by atoms with Crippen LogP contribution in [0.5, 0.6) is 0 Å². The Morgan fingerprint density at radius 3 is 2.00 bits per heavy atom. The van der Waals surface area contributed by atoms with E-state index in [0.29, 0.717) is 13.2 Å². The highest BCUT2D eigenvalue weighted by Crippen LogP contribution is 2.37. The van der Waals surface area contributed by atoms with E-state index in [1.165, 1.54) is 16.4 Å². The molecular formula is C23H28O3Si. The molecule has 0 unspecified atom stereocenters. The highest BCUT2D eigenvalue weighted by atomic mass is 28.4. The zero-order chi connectivity index (χ0) is 19.3. The maximum Gasteiger partial charge on any atom is 0.330 e. The van der Waals surface area contributed by atoms with Crippen LogP contribution < -0.4 is 10.4 Å². The van der Waals surface area contributed by atoms with Gasteiger partial charge in [-0.05, 0) is 21.8 Å². The first-order valence-corrected chi connectivity index (χ1v) is 11.4. The Labute approximate surface area is 163 Å². The molecule has 0 radical (unpaired) electrons. The summed E-state index contributed by atoms with van der Waals surface area (Å²) in [6.07, 6.45) is 4.31. The minimum atomic E-state index is -2.48. The molecule has 1 aliphatic heterocycles. The topological polar surface area (TPSA) is 35.5 Å². The van der Waals surface area contributed by atoms with Crippen LogP contribution in [0.15, 0.2) is 72.8 Å². The molecule has 3 rings (SSSR count). The van der Waals surface area contributed by atoms with Crippen molar-refractivity contribution in [1.29, 1.82) is 0 Å². The third-order valence-corrected chi connectivity index (χ3v) is 10.2. The van der Waals surface area contributed by atoms with Gasteiger partial charge in [0.1, 0.15) is 0 Å². The minimum Gasteiger partial charge on any atom is -0.462 e. The van der Waals surface area contributed by atoms with Gasteiger partial charge in [0, 0.05) is 18.6 Å². The maximum atomic E-state index is 11.2. The molecule has 0 bridgehead atoms. The number of ether oxygens (including phenoxy) is 1. The molecule has 27 heavy (non-hydrogen) atoms. The first-order valence-electron chi connectivity index (χ1n) is 9.53. The van der Waals surface area contributed by atoms with Crippen molar-refractivity contribution in [3.63, 3.8) is 0 Å². The molecule has 0 aromatic heterocycles. The molecule has 0 spiro atoms. The highest BCUT2D eigenvalue weighted by Gasteiger charge is 2.50. The summed E-state index contributed by atoms with van der Waals surface area (Å²) in [5.74, 6) is -0.0277. The van der Waals surface area contributed by atoms with E-state index in [2.05, 4.69) is 81.4 Å². The predicted molar refractivity (Wildman–Crippen MR) is 112 cm³/mol. The summed E-state index contributed by atoms with van der Waals surface area (Å²) in [4.78, 5) is 11.2. The quantitative estimate of drug-likeness (QED) is 0.566. The third kappa shape index (κ3) is 4.23. The monoisotopic (exact) mass is 380 g/mol. The Balaban J connectivity index is 1.92. The Bertz CT molecular complexity index is 739. The molecule has 0 amide bonds. The van der Waals surface area contributed by atoms with Gasteiger partial charge in [0.15, 0.2) is 0 Å². The molecule has 0 aliphatic carbocycles. The second-order valence-electron chi connectivity index (χ2n) is 8.05. The largest absolute Gasteiger partial charge is 0.462 e. The number of rotatable bonds is 6. The van der Waals surface area contributed by atoms with Gasteiger partial charge in [0.05, 0.1) is 6.61 Å². The number of carbonyl (C=O) groups is 1. The second-order valence-corrected chi connectivity index (χ2v) is 12.4. The van der Waals surface area contributed by atoms with E-state index in [0.717, 1.165) is 6.42 Å². The Hall–Kier alpha value is -2.17. The molecule has 4 heteroatoms. The molecule has 0 saturated carbocycles. The summed E-state index contributed by atoms with van der Waals surface area (Å²) in [7, 11) is -2.48. The molecule has 1 heterocycles. The van der Waals surface area contributed by atoms with Crippen molar-refractivity contribution < 1.29 is 14.0 Å². The molecule has 0 saturated heterocycles. The Morgan fingerprint density at radius 2 is 1.56 bits per heavy atom. The van der Waals surface area contributed by atoms with Gasteiger partial charge in [-0.25, -0.2) is 4.79 Å². The fraction of sp³-hybridized carbons (Fsp3) is 0.348. The molecule has 2 aromatic rings. The molecule has 1 atom stereocenters. The average Bonchev–Trinajstić information content (AvgIpc) is 2.67. The summed E-state index contributed by atoms with van der Waals surface area (Å²) < 4.78 is 12.0. The number of hydrogen-bond donors (Lipinski definition) is 0. The number of carbonyl (C=O) groups excluding carboxylic acids is 1. The van der Waals surface area contributed by atoms with E-state index < -0.39 is 8.32 Å². The van der Waals surface area contributed by atoms with Crippen LogP contribution in [0.25, 0.3) is 0 Å². The van der Waals surface area contributed by atoms with Crippen LogP contribution in [0.4, 0.5) is 0 Å². The van der Waals surface area contributed by atoms with Crippen LogP contribution in [0.1, 0.15) is 27.2 Å². The fourth-order valence-electron chi connectivity index (χ4n) is 3.81. The SMILES string of the molecule is CC(C)(C)[Si](OCC[C@@H]1C=CC(=O)OC1)(c1ccccc1)c1ccccc1. The van der Waals surface area contributed by atoms with E-state index in [-0.39, 0.29) is 16.9 Å². The molecule has 2 aromatic carbocycles. The van der Waals surface area contributed by atoms with Gasteiger partial charge in [-0.15, -0.1) is 0 Å². The molecule has 0 N–H and O–H groups in total. The lowest BCUT2D eigenvalue weighted by molar-refractivity contribution is -0.139. The summed E-state index contributed by atoms with van der Waals surface area (Å²) in [6, 6.07) is 21.3. The minimum absolute atomic E-state index is 0.0232. The first kappa shape index (κ1) is 19.6. The first-order chi connectivity index (χ1) is 12.9. The van der Waals surface area contributed by atoms with Crippen molar-refractivity contribution in [3.05, 3.63) is 72.8 Å². The summed E-state index contributed by atoms with van der Waals surface area (Å²) in [5.41, 5.74) is 0. The van der Waals surface area contributed by atoms with E-state index in [9.17, 15) is 4.79 Å². The van der Waals surface area contributed by atoms with E-state index in [4.69, 9.17) is 9.16 Å². The molecule has 142 valence electrons. The molecular weight excluding hydrogens is 352 g/mol. The van der Waals surface area contributed by atoms with Gasteiger partial charge in [0.25, 0.3) is 8.32 Å². The van der Waals surface area contributed by atoms with Gasteiger partial charge < -0.3 is 9.16 Å². The van der Waals surface area contributed by atoms with Crippen LogP contribution in [0, 0.1) is 5.92 Å². The standard InChI is InChI=1S/C23H28O3Si/c1-23(2,3)27(20-10-6-4-7-11-20,21-12-8-5-9-13-21)26-17-16-19-14-15-22(24)25-18-19/h4-15,19H,16-18H2,1-3H3/t19-/m0/s1. The summed E-state index contributed by atoms with van der Waals surface area (Å²) >= 11 is 0. The highest BCUT2D eigenvalue weighted by molar-refractivity contribution is 6.99. The fourth-order valence-corrected chi connectivity index (χ4v) is 8.39. The zero-order valence-corrected chi connectivity index (χ0v) is 17.4. The van der Waals surface area contributed by atoms with Crippen molar-refractivity contribution in [2.45, 2.75) is 32.2 Å². The number of esters is 1. The smallest absolute Gasteiger partial charge is 0.330 e. The predicted octanol–water partition coefficient (Wildman–Crippen LogP) is 3.68. The van der Waals surface area contributed by atoms with Crippen LogP contribution in [0.2, 0.25) is 5.04 Å². The van der Waals surface area contributed by atoms with Gasteiger partial charge >= 0.3 is 5.97 Å². The van der Waals surface area contributed by atoms with Crippen molar-refractivity contribution in [3.8, 4) is 0 Å². The summed E-state index contributed by atoms with van der Waals surface area (Å²) in [6.45, 7) is 7.92. The van der Waals surface area contributed by atoms with Crippen LogP contribution in [-0.4, -0.2) is 27.5 Å². The van der Waals surface area contributed by atoms with Gasteiger partial charge in [0.2, 0.25) is 0 Å². The Kier molecular flexibility index (Phi) is 5.97. The van der Waals surface area contributed by atoms with Crippen molar-refractivity contribution in [1.82, 2.24) is 0 Å². The average molecular weight is 381 g/mol. The van der Waals surface area contributed by atoms with E-state index in [1.54, 1.807) is 0 Å². The van der Waals surface area contributed by atoms with Crippen LogP contribution in [-0.2, 0) is 14.0 Å². The van der Waals surface area contributed by atoms with E-state index in [1.807, 2.05) is 6.08 Å². The van der Waals surface area contributed by atoms with Gasteiger partial charge in [-0.2, -0.15) is 0 Å². The number of benzene rings is 2. The lowest BCUT2D eigenvalue weighted by atomic mass is 10.1. The molecule has 0 fully saturated rings. The number of cyclic esters (lactones) is 1. The van der Waals surface area contributed by atoms with Gasteiger partial charge in [-0.1, -0.05) is 87.5 Å². The molecule has 1 aliphatic rings. The van der Waals surface area contributed by atoms with Crippen molar-refractivity contribution in [2.24, 2.45) is 5.92 Å². The normalized spacial score (nSPS) is 17.6. The van der Waals surface area contributed by atoms with Crippen molar-refractivity contribution >= 4 is 24.7 Å². The van der Waals surface area contributed by atoms with Gasteiger partial charge in [-0.3, -0.25) is 0 Å². The van der Waals surface area contributed by atoms with Crippen LogP contribution in [0.3, 0.4) is 0 Å².